The summed E-state index contributed by atoms with van der Waals surface area (Å²) in [6, 6.07) is 1.93. The fourth-order valence-electron chi connectivity index (χ4n) is 1.17. The molecule has 0 aliphatic carbocycles. The van der Waals surface area contributed by atoms with Crippen LogP contribution < -0.4 is 4.74 Å². The molecule has 0 saturated heterocycles. The first-order valence-electron chi connectivity index (χ1n) is 4.78. The number of pyridine rings is 1. The minimum Gasteiger partial charge on any atom is -0.492 e. The molecule has 0 aromatic carbocycles. The van der Waals surface area contributed by atoms with Crippen molar-refractivity contribution in [1.29, 1.82) is 0 Å². The number of ketones is 1. The van der Waals surface area contributed by atoms with E-state index in [4.69, 9.17) is 4.74 Å². The maximum atomic E-state index is 10.8. The Kier molecular flexibility index (Phi) is 4.11. The molecule has 0 spiro atoms. The Morgan fingerprint density at radius 2 is 2.29 bits per heavy atom. The van der Waals surface area contributed by atoms with Gasteiger partial charge in [0.05, 0.1) is 12.8 Å². The largest absolute Gasteiger partial charge is 0.492 e. The quantitative estimate of drug-likeness (QED) is 0.718. The number of rotatable bonds is 5. The van der Waals surface area contributed by atoms with Crippen molar-refractivity contribution in [2.24, 2.45) is 0 Å². The Hall–Kier alpha value is -1.38. The van der Waals surface area contributed by atoms with Crippen molar-refractivity contribution in [2.75, 3.05) is 6.61 Å². The van der Waals surface area contributed by atoms with Crippen molar-refractivity contribution >= 4 is 5.78 Å². The number of Topliss-reactive ketones (excluding diaryl/α,β-unsaturated/α-hetero) is 1. The molecule has 1 heterocycles. The summed E-state index contributed by atoms with van der Waals surface area (Å²) in [6.07, 6.45) is 4.76. The first kappa shape index (κ1) is 10.7. The SMILES string of the molecule is CCOc1cncc(CCC(C)=O)c1. The van der Waals surface area contributed by atoms with Crippen LogP contribution in [0.25, 0.3) is 0 Å². The highest BCUT2D eigenvalue weighted by molar-refractivity contribution is 5.75. The smallest absolute Gasteiger partial charge is 0.137 e. The summed E-state index contributed by atoms with van der Waals surface area (Å²) < 4.78 is 5.31. The molecule has 0 bridgehead atoms. The van der Waals surface area contributed by atoms with Crippen molar-refractivity contribution in [1.82, 2.24) is 4.98 Å². The van der Waals surface area contributed by atoms with E-state index in [1.807, 2.05) is 13.0 Å². The van der Waals surface area contributed by atoms with Crippen molar-refractivity contribution < 1.29 is 9.53 Å². The predicted molar refractivity (Wildman–Crippen MR) is 54.4 cm³/mol. The lowest BCUT2D eigenvalue weighted by molar-refractivity contribution is -0.116. The van der Waals surface area contributed by atoms with Gasteiger partial charge in [0.1, 0.15) is 11.5 Å². The standard InChI is InChI=1S/C11H15NO2/c1-3-14-11-6-10(7-12-8-11)5-4-9(2)13/h6-8H,3-5H2,1-2H3. The molecule has 0 saturated carbocycles. The molecule has 0 aliphatic rings. The Bertz CT molecular complexity index is 310. The lowest BCUT2D eigenvalue weighted by atomic mass is 10.1. The van der Waals surface area contributed by atoms with E-state index >= 15 is 0 Å². The van der Waals surface area contributed by atoms with Gasteiger partial charge in [0.25, 0.3) is 0 Å². The fraction of sp³-hybridized carbons (Fsp3) is 0.455. The Morgan fingerprint density at radius 1 is 1.50 bits per heavy atom. The fourth-order valence-corrected chi connectivity index (χ4v) is 1.17. The molecule has 3 nitrogen and oxygen atoms in total. The van der Waals surface area contributed by atoms with E-state index in [-0.39, 0.29) is 5.78 Å². The van der Waals surface area contributed by atoms with E-state index in [1.165, 1.54) is 0 Å². The molecule has 14 heavy (non-hydrogen) atoms. The van der Waals surface area contributed by atoms with Gasteiger partial charge in [-0.2, -0.15) is 0 Å². The second kappa shape index (κ2) is 5.37. The molecule has 1 rings (SSSR count). The summed E-state index contributed by atoms with van der Waals surface area (Å²) >= 11 is 0. The molecule has 1 aromatic heterocycles. The Balaban J connectivity index is 2.58. The maximum absolute atomic E-state index is 10.8. The lowest BCUT2D eigenvalue weighted by Gasteiger charge is -2.04. The summed E-state index contributed by atoms with van der Waals surface area (Å²) in [5.41, 5.74) is 1.05. The summed E-state index contributed by atoms with van der Waals surface area (Å²) in [5.74, 6) is 0.973. The van der Waals surface area contributed by atoms with Gasteiger partial charge < -0.3 is 9.53 Å². The van der Waals surface area contributed by atoms with Crippen LogP contribution in [0.1, 0.15) is 25.8 Å². The minimum absolute atomic E-state index is 0.201. The molecular weight excluding hydrogens is 178 g/mol. The second-order valence-electron chi connectivity index (χ2n) is 3.16. The van der Waals surface area contributed by atoms with Crippen molar-refractivity contribution in [3.63, 3.8) is 0 Å². The molecule has 0 unspecified atom stereocenters. The van der Waals surface area contributed by atoms with Gasteiger partial charge in [-0.1, -0.05) is 0 Å². The average molecular weight is 193 g/mol. The Labute approximate surface area is 84.1 Å². The summed E-state index contributed by atoms with van der Waals surface area (Å²) in [5, 5.41) is 0. The van der Waals surface area contributed by atoms with E-state index in [0.29, 0.717) is 13.0 Å². The number of hydrogen-bond acceptors (Lipinski definition) is 3. The second-order valence-corrected chi connectivity index (χ2v) is 3.16. The minimum atomic E-state index is 0.201. The van der Waals surface area contributed by atoms with E-state index in [2.05, 4.69) is 4.98 Å². The van der Waals surface area contributed by atoms with Crippen LogP contribution in [0.5, 0.6) is 5.75 Å². The van der Waals surface area contributed by atoms with Gasteiger partial charge >= 0.3 is 0 Å². The van der Waals surface area contributed by atoms with Gasteiger partial charge in [-0.15, -0.1) is 0 Å². The highest BCUT2D eigenvalue weighted by Gasteiger charge is 1.99. The molecule has 76 valence electrons. The molecule has 0 N–H and O–H groups in total. The predicted octanol–water partition coefficient (Wildman–Crippen LogP) is 2.00. The summed E-state index contributed by atoms with van der Waals surface area (Å²) in [4.78, 5) is 14.8. The Morgan fingerprint density at radius 3 is 2.93 bits per heavy atom. The van der Waals surface area contributed by atoms with Crippen LogP contribution >= 0.6 is 0 Å². The maximum Gasteiger partial charge on any atom is 0.137 e. The lowest BCUT2D eigenvalue weighted by Crippen LogP contribution is -1.97. The highest BCUT2D eigenvalue weighted by atomic mass is 16.5. The first-order valence-corrected chi connectivity index (χ1v) is 4.78. The highest BCUT2D eigenvalue weighted by Crippen LogP contribution is 2.12. The molecule has 3 heteroatoms. The van der Waals surface area contributed by atoms with Gasteiger partial charge in [0, 0.05) is 12.6 Å². The van der Waals surface area contributed by atoms with Gasteiger partial charge in [0.2, 0.25) is 0 Å². The van der Waals surface area contributed by atoms with Crippen LogP contribution in [0.15, 0.2) is 18.5 Å². The van der Waals surface area contributed by atoms with Gasteiger partial charge in [-0.3, -0.25) is 4.98 Å². The zero-order chi connectivity index (χ0) is 10.4. The van der Waals surface area contributed by atoms with E-state index in [1.54, 1.807) is 19.3 Å². The number of nitrogens with zero attached hydrogens (tertiary/aromatic N) is 1. The molecular formula is C11H15NO2. The normalized spacial score (nSPS) is 9.86. The molecule has 1 aromatic rings. The number of carbonyl (C=O) groups excluding carboxylic acids is 1. The number of ether oxygens (including phenoxy) is 1. The zero-order valence-electron chi connectivity index (χ0n) is 8.62. The van der Waals surface area contributed by atoms with Crippen LogP contribution in [-0.2, 0) is 11.2 Å². The van der Waals surface area contributed by atoms with E-state index in [0.717, 1.165) is 17.7 Å². The van der Waals surface area contributed by atoms with E-state index in [9.17, 15) is 4.79 Å². The van der Waals surface area contributed by atoms with E-state index < -0.39 is 0 Å². The number of carbonyl (C=O) groups is 1. The van der Waals surface area contributed by atoms with Crippen molar-refractivity contribution in [3.8, 4) is 5.75 Å². The number of aryl methyl sites for hydroxylation is 1. The van der Waals surface area contributed by atoms with Crippen LogP contribution in [0, 0.1) is 0 Å². The first-order chi connectivity index (χ1) is 6.72. The van der Waals surface area contributed by atoms with Crippen LogP contribution in [0.2, 0.25) is 0 Å². The topological polar surface area (TPSA) is 39.2 Å². The molecule has 0 radical (unpaired) electrons. The van der Waals surface area contributed by atoms with Crippen molar-refractivity contribution in [3.05, 3.63) is 24.0 Å². The third-order valence-electron chi connectivity index (χ3n) is 1.85. The third-order valence-corrected chi connectivity index (χ3v) is 1.85. The molecule has 0 amide bonds. The number of hydrogen-bond donors (Lipinski definition) is 0. The molecule has 0 atom stereocenters. The van der Waals surface area contributed by atoms with Gasteiger partial charge in [-0.05, 0) is 31.9 Å². The summed E-state index contributed by atoms with van der Waals surface area (Å²) in [6.45, 7) is 4.17. The zero-order valence-corrected chi connectivity index (χ0v) is 8.62. The van der Waals surface area contributed by atoms with Crippen LogP contribution in [0.3, 0.4) is 0 Å². The molecule has 0 aliphatic heterocycles. The van der Waals surface area contributed by atoms with Crippen molar-refractivity contribution in [2.45, 2.75) is 26.7 Å². The third kappa shape index (κ3) is 3.56. The van der Waals surface area contributed by atoms with Gasteiger partial charge in [-0.25, -0.2) is 0 Å². The number of aromatic nitrogens is 1. The monoisotopic (exact) mass is 193 g/mol. The van der Waals surface area contributed by atoms with Gasteiger partial charge in [0.15, 0.2) is 0 Å². The van der Waals surface area contributed by atoms with Crippen LogP contribution in [0.4, 0.5) is 0 Å². The van der Waals surface area contributed by atoms with Crippen LogP contribution in [-0.4, -0.2) is 17.4 Å². The average Bonchev–Trinajstić information content (AvgIpc) is 2.16. The summed E-state index contributed by atoms with van der Waals surface area (Å²) in [7, 11) is 0. The molecule has 0 fully saturated rings.